The molecule has 1 N–H and O–H groups in total. The highest BCUT2D eigenvalue weighted by molar-refractivity contribution is 6.30. The maximum atomic E-state index is 12.9. The molecule has 1 aliphatic heterocycles. The van der Waals surface area contributed by atoms with Gasteiger partial charge in [0.1, 0.15) is 12.4 Å². The second-order valence-corrected chi connectivity index (χ2v) is 8.29. The van der Waals surface area contributed by atoms with Gasteiger partial charge < -0.3 is 14.8 Å². The maximum Gasteiger partial charge on any atom is 0.251 e. The van der Waals surface area contributed by atoms with Crippen molar-refractivity contribution in [3.8, 4) is 0 Å². The number of hydrogen-bond donors (Lipinski definition) is 1. The van der Waals surface area contributed by atoms with Gasteiger partial charge in [0.25, 0.3) is 5.91 Å². The van der Waals surface area contributed by atoms with Crippen LogP contribution in [0.1, 0.15) is 35.9 Å². The summed E-state index contributed by atoms with van der Waals surface area (Å²) >= 11 is 5.89. The lowest BCUT2D eigenvalue weighted by atomic mass is 9.99. The van der Waals surface area contributed by atoms with Gasteiger partial charge in [0.15, 0.2) is 0 Å². The Hall–Kier alpha value is -2.86. The van der Waals surface area contributed by atoms with Crippen LogP contribution in [0.25, 0.3) is 11.0 Å². The van der Waals surface area contributed by atoms with E-state index in [1.54, 1.807) is 24.3 Å². The Bertz CT molecular complexity index is 1050. The summed E-state index contributed by atoms with van der Waals surface area (Å²) in [7, 11) is 0. The zero-order chi connectivity index (χ0) is 21.1. The third kappa shape index (κ3) is 4.49. The Balaban J connectivity index is 1.52. The summed E-state index contributed by atoms with van der Waals surface area (Å²) in [6, 6.07) is 14.5. The number of halogens is 1. The molecule has 4 rings (SSSR count). The number of benzene rings is 2. The number of imidazole rings is 1. The smallest absolute Gasteiger partial charge is 0.251 e. The van der Waals surface area contributed by atoms with Crippen LogP contribution in [0.3, 0.4) is 0 Å². The Morgan fingerprint density at radius 1 is 1.10 bits per heavy atom. The van der Waals surface area contributed by atoms with Crippen molar-refractivity contribution in [3.63, 3.8) is 0 Å². The fourth-order valence-electron chi connectivity index (χ4n) is 3.79. The Kier molecular flexibility index (Phi) is 6.04. The lowest BCUT2D eigenvalue weighted by molar-refractivity contribution is -0.133. The van der Waals surface area contributed by atoms with Gasteiger partial charge in [-0.3, -0.25) is 9.59 Å². The van der Waals surface area contributed by atoms with Gasteiger partial charge in [0, 0.05) is 23.7 Å². The first-order chi connectivity index (χ1) is 14.5. The van der Waals surface area contributed by atoms with Crippen molar-refractivity contribution in [2.24, 2.45) is 5.92 Å². The minimum absolute atomic E-state index is 0.0929. The number of rotatable bonds is 5. The predicted molar refractivity (Wildman–Crippen MR) is 117 cm³/mol. The average molecular weight is 425 g/mol. The van der Waals surface area contributed by atoms with Crippen LogP contribution in [0.4, 0.5) is 0 Å². The van der Waals surface area contributed by atoms with Crippen molar-refractivity contribution in [2.75, 3.05) is 13.1 Å². The molecule has 1 aromatic heterocycles. The van der Waals surface area contributed by atoms with Gasteiger partial charge >= 0.3 is 0 Å². The molecule has 1 saturated heterocycles. The van der Waals surface area contributed by atoms with Crippen molar-refractivity contribution in [1.82, 2.24) is 19.8 Å². The summed E-state index contributed by atoms with van der Waals surface area (Å²) in [4.78, 5) is 32.0. The van der Waals surface area contributed by atoms with Crippen molar-refractivity contribution in [3.05, 3.63) is 64.9 Å². The lowest BCUT2D eigenvalue weighted by Crippen LogP contribution is -2.40. The minimum atomic E-state index is -0.207. The summed E-state index contributed by atoms with van der Waals surface area (Å²) in [5.74, 6) is 1.22. The topological polar surface area (TPSA) is 67.2 Å². The van der Waals surface area contributed by atoms with E-state index in [2.05, 4.69) is 17.2 Å². The number of carbonyl (C=O) groups excluding carboxylic acids is 2. The van der Waals surface area contributed by atoms with E-state index in [1.807, 2.05) is 33.7 Å². The minimum Gasteiger partial charge on any atom is -0.345 e. The molecule has 0 bridgehead atoms. The maximum absolute atomic E-state index is 12.9. The van der Waals surface area contributed by atoms with E-state index < -0.39 is 0 Å². The summed E-state index contributed by atoms with van der Waals surface area (Å²) in [5, 5.41) is 3.49. The lowest BCUT2D eigenvalue weighted by Gasteiger charge is -2.30. The number of aromatic nitrogens is 2. The standard InChI is InChI=1S/C23H25ClN4O2/c1-16-10-12-27(13-11-16)22(29)15-28-20-5-3-2-4-19(20)26-21(28)14-25-23(30)17-6-8-18(24)9-7-17/h2-9,16H,10-15H2,1H3,(H,25,30). The Labute approximate surface area is 180 Å². The Morgan fingerprint density at radius 3 is 2.53 bits per heavy atom. The molecule has 0 unspecified atom stereocenters. The number of nitrogens with one attached hydrogen (secondary N) is 1. The predicted octanol–water partition coefficient (Wildman–Crippen LogP) is 3.88. The molecule has 1 fully saturated rings. The van der Waals surface area contributed by atoms with Crippen LogP contribution in [0.5, 0.6) is 0 Å². The molecule has 2 heterocycles. The largest absolute Gasteiger partial charge is 0.345 e. The second-order valence-electron chi connectivity index (χ2n) is 7.86. The fraction of sp³-hybridized carbons (Fsp3) is 0.348. The molecule has 7 heteroatoms. The van der Waals surface area contributed by atoms with Gasteiger partial charge in [-0.1, -0.05) is 30.7 Å². The number of carbonyl (C=O) groups is 2. The van der Waals surface area contributed by atoms with Crippen LogP contribution in [-0.4, -0.2) is 39.4 Å². The molecule has 0 radical (unpaired) electrons. The first-order valence-corrected chi connectivity index (χ1v) is 10.6. The van der Waals surface area contributed by atoms with E-state index in [4.69, 9.17) is 11.6 Å². The van der Waals surface area contributed by atoms with E-state index >= 15 is 0 Å². The molecule has 1 aliphatic rings. The van der Waals surface area contributed by atoms with E-state index in [-0.39, 0.29) is 24.9 Å². The SMILES string of the molecule is CC1CCN(C(=O)Cn2c(CNC(=O)c3ccc(Cl)cc3)nc3ccccc32)CC1. The number of amides is 2. The van der Waals surface area contributed by atoms with Crippen molar-refractivity contribution < 1.29 is 9.59 Å². The van der Waals surface area contributed by atoms with Crippen molar-refractivity contribution in [2.45, 2.75) is 32.9 Å². The van der Waals surface area contributed by atoms with E-state index in [0.717, 1.165) is 37.0 Å². The van der Waals surface area contributed by atoms with E-state index in [9.17, 15) is 9.59 Å². The van der Waals surface area contributed by atoms with E-state index in [1.165, 1.54) is 0 Å². The van der Waals surface area contributed by atoms with Gasteiger partial charge in [-0.15, -0.1) is 0 Å². The number of fused-ring (bicyclic) bond motifs is 1. The van der Waals surface area contributed by atoms with Crippen LogP contribution < -0.4 is 5.32 Å². The van der Waals surface area contributed by atoms with Crippen LogP contribution in [0.2, 0.25) is 5.02 Å². The number of piperidine rings is 1. The van der Waals surface area contributed by atoms with Gasteiger partial charge in [-0.05, 0) is 55.2 Å². The number of nitrogens with zero attached hydrogens (tertiary/aromatic N) is 3. The highest BCUT2D eigenvalue weighted by Crippen LogP contribution is 2.19. The zero-order valence-electron chi connectivity index (χ0n) is 17.0. The molecule has 2 amide bonds. The highest BCUT2D eigenvalue weighted by atomic mass is 35.5. The zero-order valence-corrected chi connectivity index (χ0v) is 17.7. The number of hydrogen-bond acceptors (Lipinski definition) is 3. The van der Waals surface area contributed by atoms with Gasteiger partial charge in [0.2, 0.25) is 5.91 Å². The summed E-state index contributed by atoms with van der Waals surface area (Å²) < 4.78 is 1.91. The summed E-state index contributed by atoms with van der Waals surface area (Å²) in [5.41, 5.74) is 2.24. The van der Waals surface area contributed by atoms with Crippen LogP contribution in [0.15, 0.2) is 48.5 Å². The number of para-hydroxylation sites is 2. The fourth-order valence-corrected chi connectivity index (χ4v) is 3.92. The molecule has 3 aromatic rings. The normalized spacial score (nSPS) is 14.8. The van der Waals surface area contributed by atoms with Crippen molar-refractivity contribution >= 4 is 34.4 Å². The van der Waals surface area contributed by atoms with Crippen LogP contribution in [0, 0.1) is 5.92 Å². The molecule has 6 nitrogen and oxygen atoms in total. The number of likely N-dealkylation sites (tertiary alicyclic amines) is 1. The van der Waals surface area contributed by atoms with E-state index in [0.29, 0.717) is 22.3 Å². The molecule has 30 heavy (non-hydrogen) atoms. The summed E-state index contributed by atoms with van der Waals surface area (Å²) in [6.45, 7) is 4.29. The molecular formula is C23H25ClN4O2. The monoisotopic (exact) mass is 424 g/mol. The Morgan fingerprint density at radius 2 is 1.80 bits per heavy atom. The quantitative estimate of drug-likeness (QED) is 0.675. The molecule has 2 aromatic carbocycles. The molecule has 0 spiro atoms. The average Bonchev–Trinajstić information content (AvgIpc) is 3.10. The molecule has 0 atom stereocenters. The first-order valence-electron chi connectivity index (χ1n) is 10.3. The molecule has 156 valence electrons. The molecule has 0 aliphatic carbocycles. The van der Waals surface area contributed by atoms with Gasteiger partial charge in [-0.2, -0.15) is 0 Å². The van der Waals surface area contributed by atoms with Crippen LogP contribution >= 0.6 is 11.6 Å². The third-order valence-corrected chi connectivity index (χ3v) is 5.93. The second kappa shape index (κ2) is 8.88. The van der Waals surface area contributed by atoms with Crippen molar-refractivity contribution in [1.29, 1.82) is 0 Å². The van der Waals surface area contributed by atoms with Gasteiger partial charge in [-0.25, -0.2) is 4.98 Å². The van der Waals surface area contributed by atoms with Crippen LogP contribution in [-0.2, 0) is 17.9 Å². The highest BCUT2D eigenvalue weighted by Gasteiger charge is 2.22. The molecular weight excluding hydrogens is 400 g/mol. The first kappa shape index (κ1) is 20.4. The third-order valence-electron chi connectivity index (χ3n) is 5.68. The summed E-state index contributed by atoms with van der Waals surface area (Å²) in [6.07, 6.45) is 2.08. The molecule has 0 saturated carbocycles. The van der Waals surface area contributed by atoms with Gasteiger partial charge in [0.05, 0.1) is 17.6 Å².